The molecule has 0 unspecified atom stereocenters. The van der Waals surface area contributed by atoms with E-state index in [2.05, 4.69) is 25.0 Å². The van der Waals surface area contributed by atoms with Gasteiger partial charge < -0.3 is 20.4 Å². The molecule has 9 heteroatoms. The molecule has 2 aliphatic heterocycles. The van der Waals surface area contributed by atoms with Crippen molar-refractivity contribution in [3.8, 4) is 0 Å². The molecule has 0 amide bonds. The van der Waals surface area contributed by atoms with E-state index in [4.69, 9.17) is 4.74 Å². The summed E-state index contributed by atoms with van der Waals surface area (Å²) in [6.45, 7) is 6.37. The van der Waals surface area contributed by atoms with Gasteiger partial charge in [0.2, 0.25) is 0 Å². The Bertz CT molecular complexity index is 1200. The SMILES string of the molecule is COC(=O)c1cc(N2CCC(N3CCN(C4CC4)CC3)CC2)c(C(=N)C2CCC2)c(Nc2ccc(F)cc2)n1. The van der Waals surface area contributed by atoms with Gasteiger partial charge in [-0.3, -0.25) is 9.80 Å². The number of rotatable bonds is 8. The van der Waals surface area contributed by atoms with Crippen LogP contribution in [0.15, 0.2) is 30.3 Å². The first-order valence-corrected chi connectivity index (χ1v) is 14.5. The summed E-state index contributed by atoms with van der Waals surface area (Å²) < 4.78 is 18.6. The van der Waals surface area contributed by atoms with E-state index in [-0.39, 0.29) is 17.4 Å². The van der Waals surface area contributed by atoms with Gasteiger partial charge in [0, 0.05) is 68.7 Å². The number of anilines is 3. The second-order valence-electron chi connectivity index (χ2n) is 11.4. The first-order chi connectivity index (χ1) is 19.0. The van der Waals surface area contributed by atoms with Crippen LogP contribution in [-0.4, -0.2) is 84.9 Å². The van der Waals surface area contributed by atoms with E-state index < -0.39 is 5.97 Å². The predicted molar refractivity (Wildman–Crippen MR) is 151 cm³/mol. The van der Waals surface area contributed by atoms with Crippen molar-refractivity contribution in [2.75, 3.05) is 56.6 Å². The molecule has 6 rings (SSSR count). The second-order valence-corrected chi connectivity index (χ2v) is 11.4. The molecule has 3 heterocycles. The van der Waals surface area contributed by atoms with Crippen LogP contribution in [0.1, 0.15) is 61.0 Å². The summed E-state index contributed by atoms with van der Waals surface area (Å²) in [6.07, 6.45) is 7.94. The Balaban J connectivity index is 1.27. The standard InChI is InChI=1S/C30H39FN6O2/c1-39-30(38)25-19-26(37-13-11-24(12-14-37)36-17-15-35(16-18-36)23-9-10-23)27(28(32)20-3-2-4-20)29(34-25)33-22-7-5-21(31)6-8-22/h5-8,19-20,23-24,32H,2-4,9-18H2,1H3,(H,33,34). The average molecular weight is 535 g/mol. The van der Waals surface area contributed by atoms with E-state index >= 15 is 0 Å². The van der Waals surface area contributed by atoms with Crippen molar-refractivity contribution in [3.63, 3.8) is 0 Å². The number of pyridine rings is 1. The number of hydrogen-bond acceptors (Lipinski definition) is 8. The lowest BCUT2D eigenvalue weighted by Gasteiger charge is -2.44. The van der Waals surface area contributed by atoms with E-state index in [1.54, 1.807) is 18.2 Å². The average Bonchev–Trinajstić information content (AvgIpc) is 3.78. The summed E-state index contributed by atoms with van der Waals surface area (Å²) in [5.41, 5.74) is 3.03. The van der Waals surface area contributed by atoms with Crippen molar-refractivity contribution in [1.29, 1.82) is 5.41 Å². The van der Waals surface area contributed by atoms with Gasteiger partial charge in [0.1, 0.15) is 11.6 Å². The topological polar surface area (TPSA) is 84.8 Å². The number of halogens is 1. The van der Waals surface area contributed by atoms with E-state index in [0.29, 0.717) is 23.3 Å². The molecule has 4 fully saturated rings. The Hall–Kier alpha value is -3.04. The van der Waals surface area contributed by atoms with Crippen LogP contribution in [0.2, 0.25) is 0 Å². The molecule has 208 valence electrons. The Morgan fingerprint density at radius 1 is 0.949 bits per heavy atom. The maximum absolute atomic E-state index is 13.6. The molecular weight excluding hydrogens is 495 g/mol. The Morgan fingerprint density at radius 3 is 2.10 bits per heavy atom. The van der Waals surface area contributed by atoms with Gasteiger partial charge in [-0.1, -0.05) is 6.42 Å². The molecule has 2 aromatic rings. The van der Waals surface area contributed by atoms with Crippen molar-refractivity contribution in [3.05, 3.63) is 47.4 Å². The van der Waals surface area contributed by atoms with Crippen LogP contribution in [0.25, 0.3) is 0 Å². The van der Waals surface area contributed by atoms with Crippen molar-refractivity contribution in [2.45, 2.75) is 57.0 Å². The third-order valence-corrected chi connectivity index (χ3v) is 9.02. The highest BCUT2D eigenvalue weighted by molar-refractivity contribution is 6.10. The smallest absolute Gasteiger partial charge is 0.356 e. The molecule has 8 nitrogen and oxygen atoms in total. The monoisotopic (exact) mass is 534 g/mol. The molecule has 39 heavy (non-hydrogen) atoms. The molecule has 0 bridgehead atoms. The fraction of sp³-hybridized carbons (Fsp3) is 0.567. The maximum atomic E-state index is 13.6. The third-order valence-electron chi connectivity index (χ3n) is 9.02. The van der Waals surface area contributed by atoms with Crippen molar-refractivity contribution in [2.24, 2.45) is 5.92 Å². The number of piperidine rings is 1. The highest BCUT2D eigenvalue weighted by Gasteiger charge is 2.35. The quantitative estimate of drug-likeness (QED) is 0.376. The number of hydrogen-bond donors (Lipinski definition) is 2. The third kappa shape index (κ3) is 5.65. The minimum absolute atomic E-state index is 0.184. The van der Waals surface area contributed by atoms with Crippen molar-refractivity contribution in [1.82, 2.24) is 14.8 Å². The van der Waals surface area contributed by atoms with E-state index in [1.807, 2.05) is 0 Å². The molecule has 0 spiro atoms. The molecule has 2 aliphatic carbocycles. The molecule has 1 aromatic heterocycles. The predicted octanol–water partition coefficient (Wildman–Crippen LogP) is 4.67. The van der Waals surface area contributed by atoms with E-state index in [9.17, 15) is 14.6 Å². The number of esters is 1. The molecule has 0 atom stereocenters. The van der Waals surface area contributed by atoms with Gasteiger partial charge in [0.15, 0.2) is 5.69 Å². The van der Waals surface area contributed by atoms with E-state index in [0.717, 1.165) is 75.6 Å². The number of ether oxygens (including phenoxy) is 1. The van der Waals surface area contributed by atoms with Crippen molar-refractivity contribution < 1.29 is 13.9 Å². The zero-order valence-electron chi connectivity index (χ0n) is 22.8. The molecule has 2 saturated heterocycles. The van der Waals surface area contributed by atoms with Crippen LogP contribution >= 0.6 is 0 Å². The van der Waals surface area contributed by atoms with Gasteiger partial charge in [0.25, 0.3) is 0 Å². The van der Waals surface area contributed by atoms with Crippen LogP contribution in [0.5, 0.6) is 0 Å². The second kappa shape index (κ2) is 11.2. The number of methoxy groups -OCH3 is 1. The first kappa shape index (κ1) is 26.2. The highest BCUT2D eigenvalue weighted by Crippen LogP contribution is 2.38. The van der Waals surface area contributed by atoms with Gasteiger partial charge in [-0.15, -0.1) is 0 Å². The summed E-state index contributed by atoms with van der Waals surface area (Å²) >= 11 is 0. The molecule has 4 aliphatic rings. The minimum Gasteiger partial charge on any atom is -0.464 e. The van der Waals surface area contributed by atoms with E-state index in [1.165, 1.54) is 45.2 Å². The Kier molecular flexibility index (Phi) is 7.53. The number of piperazine rings is 1. The molecule has 2 N–H and O–H groups in total. The summed E-state index contributed by atoms with van der Waals surface area (Å²) in [6, 6.07) is 9.28. The lowest BCUT2D eigenvalue weighted by molar-refractivity contribution is 0.0594. The van der Waals surface area contributed by atoms with Gasteiger partial charge in [-0.2, -0.15) is 0 Å². The van der Waals surface area contributed by atoms with Gasteiger partial charge >= 0.3 is 5.97 Å². The van der Waals surface area contributed by atoms with Crippen LogP contribution < -0.4 is 10.2 Å². The number of nitrogens with one attached hydrogen (secondary N) is 2. The largest absolute Gasteiger partial charge is 0.464 e. The summed E-state index contributed by atoms with van der Waals surface area (Å²) in [5.74, 6) is -0.196. The number of carbonyl (C=O) groups excluding carboxylic acids is 1. The fourth-order valence-corrected chi connectivity index (χ4v) is 6.30. The number of nitrogens with zero attached hydrogens (tertiary/aromatic N) is 4. The number of aromatic nitrogens is 1. The molecule has 2 saturated carbocycles. The summed E-state index contributed by atoms with van der Waals surface area (Å²) in [7, 11) is 1.36. The first-order valence-electron chi connectivity index (χ1n) is 14.5. The van der Waals surface area contributed by atoms with Gasteiger partial charge in [-0.25, -0.2) is 14.2 Å². The minimum atomic E-state index is -0.511. The van der Waals surface area contributed by atoms with Crippen LogP contribution in [-0.2, 0) is 4.74 Å². The Morgan fingerprint density at radius 2 is 1.56 bits per heavy atom. The summed E-state index contributed by atoms with van der Waals surface area (Å²) in [4.78, 5) is 25.0. The van der Waals surface area contributed by atoms with Gasteiger partial charge in [0.05, 0.1) is 18.4 Å². The summed E-state index contributed by atoms with van der Waals surface area (Å²) in [5, 5.41) is 12.5. The lowest BCUT2D eigenvalue weighted by Crippen LogP contribution is -2.53. The normalized spacial score (nSPS) is 21.4. The highest BCUT2D eigenvalue weighted by atomic mass is 19.1. The lowest BCUT2D eigenvalue weighted by atomic mass is 9.79. The number of carbonyl (C=O) groups is 1. The maximum Gasteiger partial charge on any atom is 0.356 e. The van der Waals surface area contributed by atoms with Crippen LogP contribution in [0.3, 0.4) is 0 Å². The zero-order chi connectivity index (χ0) is 26.9. The van der Waals surface area contributed by atoms with Gasteiger partial charge in [-0.05, 0) is 68.9 Å². The van der Waals surface area contributed by atoms with Crippen LogP contribution in [0, 0.1) is 17.1 Å². The number of benzene rings is 1. The van der Waals surface area contributed by atoms with Crippen LogP contribution in [0.4, 0.5) is 21.6 Å². The molecule has 0 radical (unpaired) electrons. The van der Waals surface area contributed by atoms with Crippen molar-refractivity contribution >= 4 is 28.9 Å². The fourth-order valence-electron chi connectivity index (χ4n) is 6.30. The Labute approximate surface area is 230 Å². The molecule has 1 aromatic carbocycles. The zero-order valence-corrected chi connectivity index (χ0v) is 22.8. The molecular formula is C30H39FN6O2.